The Morgan fingerprint density at radius 3 is 1.22 bits per heavy atom. The van der Waals surface area contributed by atoms with Crippen LogP contribution in [0.4, 0.5) is 0 Å². The number of aliphatic hydroxyl groups is 2. The van der Waals surface area contributed by atoms with Gasteiger partial charge in [-0.05, 0) is 52.0 Å². The van der Waals surface area contributed by atoms with Gasteiger partial charge in [-0.15, -0.1) is 0 Å². The molecule has 126 valence electrons. The van der Waals surface area contributed by atoms with Crippen molar-refractivity contribution in [1.29, 1.82) is 0 Å². The summed E-state index contributed by atoms with van der Waals surface area (Å²) in [6.07, 6.45) is 3.35. The average Bonchev–Trinajstić information content (AvgIpc) is 2.49. The number of rotatable bonds is 2. The minimum atomic E-state index is -2.03. The monoisotopic (exact) mass is 404 g/mol. The van der Waals surface area contributed by atoms with Crippen LogP contribution in [0.15, 0.2) is 48.8 Å². The molecule has 0 aliphatic rings. The zero-order chi connectivity index (χ0) is 17.9. The van der Waals surface area contributed by atoms with E-state index < -0.39 is 29.7 Å². The summed E-state index contributed by atoms with van der Waals surface area (Å²) < 4.78 is 17.0. The average molecular weight is 402 g/mol. The Morgan fingerprint density at radius 2 is 1.09 bits per heavy atom. The summed E-state index contributed by atoms with van der Waals surface area (Å²) >= 11 is -2.03. The van der Waals surface area contributed by atoms with E-state index in [1.54, 1.807) is 52.2 Å². The van der Waals surface area contributed by atoms with E-state index in [1.165, 1.54) is 0 Å². The first-order valence-electron chi connectivity index (χ1n) is 6.82. The molecule has 2 aromatic heterocycles. The minimum absolute atomic E-state index is 0.704. The second kappa shape index (κ2) is 10.3. The van der Waals surface area contributed by atoms with E-state index in [0.29, 0.717) is 11.4 Å². The molecule has 2 N–H and O–H groups in total. The predicted octanol–water partition coefficient (Wildman–Crippen LogP) is 2.38. The molecule has 0 amide bonds. The van der Waals surface area contributed by atoms with Gasteiger partial charge in [0, 0.05) is 12.4 Å². The fourth-order valence-electron chi connectivity index (χ4n) is 1.45. The molecule has 0 unspecified atom stereocenters. The van der Waals surface area contributed by atoms with Crippen LogP contribution in [0.3, 0.4) is 0 Å². The second-order valence-corrected chi connectivity index (χ2v) is 5.95. The first-order valence-corrected chi connectivity index (χ1v) is 8.46. The van der Waals surface area contributed by atoms with E-state index in [0.717, 1.165) is 0 Å². The van der Waals surface area contributed by atoms with Crippen molar-refractivity contribution in [3.05, 3.63) is 60.2 Å². The molecule has 2 aromatic rings. The third-order valence-corrected chi connectivity index (χ3v) is 2.58. The standard InChI is InChI=1S/2C8H11NO.Mo.2O/c2*1-8(2,10)7-5-3-4-6-9-7;;;/h2*3-6,10H,1-2H3;;;. The van der Waals surface area contributed by atoms with Crippen molar-refractivity contribution >= 4 is 0 Å². The van der Waals surface area contributed by atoms with Crippen molar-refractivity contribution in [1.82, 2.24) is 9.97 Å². The topological polar surface area (TPSA) is 100 Å². The number of nitrogens with zero attached hydrogens (tertiary/aromatic N) is 2. The van der Waals surface area contributed by atoms with Crippen LogP contribution >= 0.6 is 0 Å². The first kappa shape index (κ1) is 21.5. The molecule has 0 atom stereocenters. The molecule has 0 saturated carbocycles. The van der Waals surface area contributed by atoms with Crippen LogP contribution in [0, 0.1) is 0 Å². The summed E-state index contributed by atoms with van der Waals surface area (Å²) in [4.78, 5) is 8.00. The molecule has 0 aliphatic heterocycles. The van der Waals surface area contributed by atoms with Gasteiger partial charge in [-0.25, -0.2) is 0 Å². The number of pyridine rings is 2. The molecular weight excluding hydrogens is 380 g/mol. The fourth-order valence-corrected chi connectivity index (χ4v) is 1.45. The Hall–Kier alpha value is -1.49. The predicted molar refractivity (Wildman–Crippen MR) is 80.3 cm³/mol. The third kappa shape index (κ3) is 10.00. The Labute approximate surface area is 144 Å². The molecule has 6 nitrogen and oxygen atoms in total. The van der Waals surface area contributed by atoms with E-state index in [2.05, 4.69) is 9.97 Å². The van der Waals surface area contributed by atoms with Gasteiger partial charge in [-0.1, -0.05) is 12.1 Å². The Bertz CT molecular complexity index is 537. The molecule has 23 heavy (non-hydrogen) atoms. The molecule has 0 aromatic carbocycles. The van der Waals surface area contributed by atoms with Gasteiger partial charge in [-0.2, -0.15) is 0 Å². The summed E-state index contributed by atoms with van der Waals surface area (Å²) in [5.41, 5.74) is -0.229. The van der Waals surface area contributed by atoms with Gasteiger partial charge < -0.3 is 10.2 Å². The number of hydrogen-bond donors (Lipinski definition) is 2. The van der Waals surface area contributed by atoms with E-state index in [9.17, 15) is 10.2 Å². The third-order valence-electron chi connectivity index (χ3n) is 2.58. The molecule has 2 heterocycles. The molecule has 7 heteroatoms. The molecule has 0 bridgehead atoms. The molecule has 0 radical (unpaired) electrons. The number of aromatic nitrogens is 2. The van der Waals surface area contributed by atoms with Gasteiger partial charge in [0.25, 0.3) is 0 Å². The zero-order valence-electron chi connectivity index (χ0n) is 13.6. The van der Waals surface area contributed by atoms with Crippen LogP contribution in [0.2, 0.25) is 0 Å². The fraction of sp³-hybridized carbons (Fsp3) is 0.375. The van der Waals surface area contributed by atoms with Crippen LogP contribution in [-0.2, 0) is 36.5 Å². The number of hydrogen-bond acceptors (Lipinski definition) is 6. The molecule has 0 fully saturated rings. The zero-order valence-corrected chi connectivity index (χ0v) is 15.6. The molecular formula is C16H22MoN2O4. The summed E-state index contributed by atoms with van der Waals surface area (Å²) in [6, 6.07) is 11.0. The van der Waals surface area contributed by atoms with Crippen molar-refractivity contribution in [2.24, 2.45) is 0 Å². The van der Waals surface area contributed by atoms with E-state index >= 15 is 0 Å². The van der Waals surface area contributed by atoms with E-state index in [-0.39, 0.29) is 0 Å². The van der Waals surface area contributed by atoms with Crippen LogP contribution in [0.1, 0.15) is 39.1 Å². The molecule has 2 rings (SSSR count). The summed E-state index contributed by atoms with van der Waals surface area (Å²) in [7, 11) is 0. The maximum atomic E-state index is 9.43. The van der Waals surface area contributed by atoms with Crippen molar-refractivity contribution in [2.75, 3.05) is 0 Å². The van der Waals surface area contributed by atoms with Gasteiger partial charge in [0.1, 0.15) is 11.2 Å². The van der Waals surface area contributed by atoms with Gasteiger partial charge >= 0.3 is 25.3 Å². The van der Waals surface area contributed by atoms with Gasteiger partial charge in [0.15, 0.2) is 0 Å². The molecule has 0 spiro atoms. The van der Waals surface area contributed by atoms with Crippen molar-refractivity contribution in [3.8, 4) is 0 Å². The second-order valence-electron chi connectivity index (χ2n) is 5.62. The van der Waals surface area contributed by atoms with Crippen molar-refractivity contribution in [2.45, 2.75) is 38.9 Å². The Morgan fingerprint density at radius 1 is 0.783 bits per heavy atom. The van der Waals surface area contributed by atoms with E-state index in [1.807, 2.05) is 24.3 Å². The van der Waals surface area contributed by atoms with E-state index in [4.69, 9.17) is 6.80 Å². The first-order chi connectivity index (χ1) is 10.6. The van der Waals surface area contributed by atoms with Crippen molar-refractivity contribution in [3.63, 3.8) is 0 Å². The van der Waals surface area contributed by atoms with Crippen molar-refractivity contribution < 1.29 is 35.5 Å². The summed E-state index contributed by atoms with van der Waals surface area (Å²) in [5, 5.41) is 18.9. The maximum absolute atomic E-state index is 9.43. The van der Waals surface area contributed by atoms with Gasteiger partial charge in [0.2, 0.25) is 0 Å². The Kier molecular flexibility index (Phi) is 9.65. The van der Waals surface area contributed by atoms with Crippen LogP contribution in [0.5, 0.6) is 0 Å². The summed E-state index contributed by atoms with van der Waals surface area (Å²) in [6.45, 7) is 6.87. The Balaban J connectivity index is 0.000000360. The van der Waals surface area contributed by atoms with Gasteiger partial charge in [-0.3, -0.25) is 9.97 Å². The SMILES string of the molecule is CC(C)(O)c1ccccn1.CC(C)(O)c1ccccn1.[O]=[Mo]=[O]. The molecule has 0 saturated heterocycles. The van der Waals surface area contributed by atoms with Gasteiger partial charge in [0.05, 0.1) is 11.4 Å². The normalized spacial score (nSPS) is 10.5. The van der Waals surface area contributed by atoms with Crippen LogP contribution in [-0.4, -0.2) is 20.2 Å². The molecule has 0 aliphatic carbocycles. The summed E-state index contributed by atoms with van der Waals surface area (Å²) in [5.74, 6) is 0. The van der Waals surface area contributed by atoms with Crippen LogP contribution < -0.4 is 0 Å². The quantitative estimate of drug-likeness (QED) is 0.749. The van der Waals surface area contributed by atoms with Crippen LogP contribution in [0.25, 0.3) is 0 Å².